The Morgan fingerprint density at radius 3 is 2.50 bits per heavy atom. The molecule has 1 fully saturated rings. The molecule has 22 heavy (non-hydrogen) atoms. The fourth-order valence-electron chi connectivity index (χ4n) is 2.42. The summed E-state index contributed by atoms with van der Waals surface area (Å²) >= 11 is 0. The average Bonchev–Trinajstić information content (AvgIpc) is 2.46. The van der Waals surface area contributed by atoms with Crippen LogP contribution in [0.15, 0.2) is 18.2 Å². The molecule has 1 aromatic carbocycles. The largest absolute Gasteiger partial charge is 0.471 e. The van der Waals surface area contributed by atoms with E-state index in [2.05, 4.69) is 5.32 Å². The molecule has 0 saturated carbocycles. The van der Waals surface area contributed by atoms with Gasteiger partial charge in [-0.2, -0.15) is 13.2 Å². The summed E-state index contributed by atoms with van der Waals surface area (Å²) in [5.74, 6) is -2.41. The Kier molecular flexibility index (Phi) is 6.62. The summed E-state index contributed by atoms with van der Waals surface area (Å²) in [6.07, 6.45) is -3.15. The minimum absolute atomic E-state index is 0. The Morgan fingerprint density at radius 2 is 1.91 bits per heavy atom. The first-order valence-electron chi connectivity index (χ1n) is 6.72. The molecule has 124 valence electrons. The highest BCUT2D eigenvalue weighted by molar-refractivity contribution is 5.85. The summed E-state index contributed by atoms with van der Waals surface area (Å²) in [6.45, 7) is 1.26. The van der Waals surface area contributed by atoms with Crippen LogP contribution in [0.2, 0.25) is 0 Å². The maximum atomic E-state index is 13.6. The number of hydrogen-bond acceptors (Lipinski definition) is 2. The molecular weight excluding hydrogens is 324 g/mol. The fraction of sp³-hybridized carbons (Fsp3) is 0.500. The number of nitrogens with one attached hydrogen (secondary N) is 2. The van der Waals surface area contributed by atoms with E-state index in [1.807, 2.05) is 0 Å². The molecule has 8 heteroatoms. The molecule has 0 atom stereocenters. The molecule has 0 aromatic heterocycles. The Hall–Kier alpha value is -1.34. The second-order valence-corrected chi connectivity index (χ2v) is 5.06. The van der Waals surface area contributed by atoms with E-state index in [1.54, 1.807) is 17.4 Å². The number of alkyl halides is 3. The van der Waals surface area contributed by atoms with Crippen LogP contribution < -0.4 is 10.6 Å². The molecule has 2 N–H and O–H groups in total. The lowest BCUT2D eigenvalue weighted by molar-refractivity contribution is -0.173. The SMILES string of the molecule is Cl.O=C(NCc1cc(C2CCNCC2)ccc1F)C(F)(F)F. The maximum absolute atomic E-state index is 13.6. The zero-order chi connectivity index (χ0) is 15.5. The van der Waals surface area contributed by atoms with Crippen molar-refractivity contribution in [3.63, 3.8) is 0 Å². The Balaban J connectivity index is 0.00000242. The van der Waals surface area contributed by atoms with Crippen molar-refractivity contribution in [3.8, 4) is 0 Å². The van der Waals surface area contributed by atoms with Crippen molar-refractivity contribution in [1.82, 2.24) is 10.6 Å². The number of benzene rings is 1. The van der Waals surface area contributed by atoms with E-state index in [9.17, 15) is 22.4 Å². The normalized spacial score (nSPS) is 16.0. The quantitative estimate of drug-likeness (QED) is 0.831. The highest BCUT2D eigenvalue weighted by atomic mass is 35.5. The third-order valence-electron chi connectivity index (χ3n) is 3.58. The van der Waals surface area contributed by atoms with Crippen molar-refractivity contribution in [2.24, 2.45) is 0 Å². The van der Waals surface area contributed by atoms with Crippen LogP contribution in [-0.2, 0) is 11.3 Å². The molecular formula is C14H17ClF4N2O. The number of hydrogen-bond donors (Lipinski definition) is 2. The van der Waals surface area contributed by atoms with Gasteiger partial charge in [0.2, 0.25) is 0 Å². The van der Waals surface area contributed by atoms with E-state index in [0.29, 0.717) is 0 Å². The van der Waals surface area contributed by atoms with Gasteiger partial charge in [0.1, 0.15) is 5.82 Å². The Labute approximate surface area is 131 Å². The van der Waals surface area contributed by atoms with Crippen molar-refractivity contribution >= 4 is 18.3 Å². The number of piperidine rings is 1. The molecule has 1 aliphatic heterocycles. The zero-order valence-electron chi connectivity index (χ0n) is 11.7. The van der Waals surface area contributed by atoms with Crippen LogP contribution in [0, 0.1) is 5.82 Å². The van der Waals surface area contributed by atoms with Crippen molar-refractivity contribution < 1.29 is 22.4 Å². The maximum Gasteiger partial charge on any atom is 0.471 e. The van der Waals surface area contributed by atoms with E-state index in [0.717, 1.165) is 31.5 Å². The summed E-state index contributed by atoms with van der Waals surface area (Å²) in [4.78, 5) is 10.8. The lowest BCUT2D eigenvalue weighted by Crippen LogP contribution is -2.36. The van der Waals surface area contributed by atoms with Crippen LogP contribution in [0.1, 0.15) is 29.9 Å². The first-order valence-corrected chi connectivity index (χ1v) is 6.72. The number of carbonyl (C=O) groups is 1. The van der Waals surface area contributed by atoms with Gasteiger partial charge in [-0.05, 0) is 43.5 Å². The van der Waals surface area contributed by atoms with Gasteiger partial charge in [0.15, 0.2) is 0 Å². The summed E-state index contributed by atoms with van der Waals surface area (Å²) in [6, 6.07) is 4.44. The predicted octanol–water partition coefficient (Wildman–Crippen LogP) is 2.89. The lowest BCUT2D eigenvalue weighted by atomic mass is 9.89. The highest BCUT2D eigenvalue weighted by Crippen LogP contribution is 2.26. The lowest BCUT2D eigenvalue weighted by Gasteiger charge is -2.23. The molecule has 2 rings (SSSR count). The molecule has 1 aliphatic rings. The summed E-state index contributed by atoms with van der Waals surface area (Å²) in [7, 11) is 0. The van der Waals surface area contributed by atoms with Crippen LogP contribution in [0.4, 0.5) is 17.6 Å². The van der Waals surface area contributed by atoms with Crippen LogP contribution in [-0.4, -0.2) is 25.2 Å². The molecule has 1 saturated heterocycles. The highest BCUT2D eigenvalue weighted by Gasteiger charge is 2.38. The number of rotatable bonds is 3. The molecule has 0 unspecified atom stereocenters. The van der Waals surface area contributed by atoms with Crippen molar-refractivity contribution in [2.75, 3.05) is 13.1 Å². The summed E-state index contributed by atoms with van der Waals surface area (Å²) in [5.41, 5.74) is 0.970. The fourth-order valence-corrected chi connectivity index (χ4v) is 2.42. The molecule has 0 radical (unpaired) electrons. The molecule has 1 aromatic rings. The van der Waals surface area contributed by atoms with Gasteiger partial charge in [-0.25, -0.2) is 4.39 Å². The van der Waals surface area contributed by atoms with Gasteiger partial charge in [-0.3, -0.25) is 4.79 Å². The van der Waals surface area contributed by atoms with Gasteiger partial charge in [0.25, 0.3) is 0 Å². The third kappa shape index (κ3) is 4.84. The van der Waals surface area contributed by atoms with Crippen LogP contribution in [0.5, 0.6) is 0 Å². The van der Waals surface area contributed by atoms with Crippen molar-refractivity contribution in [3.05, 3.63) is 35.1 Å². The van der Waals surface area contributed by atoms with E-state index < -0.39 is 24.4 Å². The average molecular weight is 341 g/mol. The minimum Gasteiger partial charge on any atom is -0.344 e. The molecule has 0 aliphatic carbocycles. The Morgan fingerprint density at radius 1 is 1.27 bits per heavy atom. The number of halogens is 5. The first-order chi connectivity index (χ1) is 9.88. The molecule has 0 bridgehead atoms. The van der Waals surface area contributed by atoms with E-state index in [4.69, 9.17) is 0 Å². The molecule has 3 nitrogen and oxygen atoms in total. The molecule has 0 spiro atoms. The topological polar surface area (TPSA) is 41.1 Å². The number of amides is 1. The monoisotopic (exact) mass is 340 g/mol. The first kappa shape index (κ1) is 18.7. The molecule has 1 amide bonds. The third-order valence-corrected chi connectivity index (χ3v) is 3.58. The van der Waals surface area contributed by atoms with Crippen LogP contribution in [0.25, 0.3) is 0 Å². The van der Waals surface area contributed by atoms with E-state index in [-0.39, 0.29) is 23.9 Å². The van der Waals surface area contributed by atoms with Gasteiger partial charge in [-0.15, -0.1) is 12.4 Å². The summed E-state index contributed by atoms with van der Waals surface area (Å²) < 4.78 is 50.0. The van der Waals surface area contributed by atoms with Crippen LogP contribution in [0.3, 0.4) is 0 Å². The van der Waals surface area contributed by atoms with Crippen LogP contribution >= 0.6 is 12.4 Å². The van der Waals surface area contributed by atoms with Gasteiger partial charge in [-0.1, -0.05) is 12.1 Å². The van der Waals surface area contributed by atoms with Gasteiger partial charge in [0, 0.05) is 12.1 Å². The smallest absolute Gasteiger partial charge is 0.344 e. The predicted molar refractivity (Wildman–Crippen MR) is 76.4 cm³/mol. The second kappa shape index (κ2) is 7.78. The van der Waals surface area contributed by atoms with E-state index in [1.165, 1.54) is 6.07 Å². The standard InChI is InChI=1S/C14H16F4N2O.ClH/c15-12-2-1-10(9-3-5-19-6-4-9)7-11(12)8-20-13(21)14(16,17)18;/h1-2,7,9,19H,3-6,8H2,(H,20,21);1H. The summed E-state index contributed by atoms with van der Waals surface area (Å²) in [5, 5.41) is 4.90. The van der Waals surface area contributed by atoms with Gasteiger partial charge in [0.05, 0.1) is 0 Å². The van der Waals surface area contributed by atoms with Crippen molar-refractivity contribution in [1.29, 1.82) is 0 Å². The second-order valence-electron chi connectivity index (χ2n) is 5.06. The van der Waals surface area contributed by atoms with Gasteiger partial charge < -0.3 is 10.6 Å². The number of carbonyl (C=O) groups excluding carboxylic acids is 1. The van der Waals surface area contributed by atoms with E-state index >= 15 is 0 Å². The molecule has 1 heterocycles. The minimum atomic E-state index is -4.96. The van der Waals surface area contributed by atoms with Crippen molar-refractivity contribution in [2.45, 2.75) is 31.5 Å². The van der Waals surface area contributed by atoms with Gasteiger partial charge >= 0.3 is 12.1 Å². The zero-order valence-corrected chi connectivity index (χ0v) is 12.5. The Bertz CT molecular complexity index is 516.